The number of hydrogen-bond acceptors (Lipinski definition) is 8. The lowest BCUT2D eigenvalue weighted by atomic mass is 9.97. The van der Waals surface area contributed by atoms with Gasteiger partial charge in [0, 0.05) is 61.4 Å². The Hall–Kier alpha value is -2.66. The van der Waals surface area contributed by atoms with Crippen LogP contribution in [0.5, 0.6) is 0 Å². The number of amides is 2. The second-order valence-electron chi connectivity index (χ2n) is 9.91. The maximum atomic E-state index is 12.9. The highest BCUT2D eigenvalue weighted by Gasteiger charge is 2.35. The molecular weight excluding hydrogens is 529 g/mol. The largest absolute Gasteiger partial charge is 0.394 e. The molecule has 2 amide bonds. The van der Waals surface area contributed by atoms with Crippen LogP contribution >= 0.6 is 23.2 Å². The SMILES string of the molecule is CC[C@H]1CN(c2nc(N)c(C(=O)N[C@@H](C)CO)nc2Cl)CCN1C1CCN(C(=O)c2ccc(Cl)cc2)CC1. The van der Waals surface area contributed by atoms with Crippen LogP contribution in [0.3, 0.4) is 0 Å². The number of piperidine rings is 1. The van der Waals surface area contributed by atoms with Crippen LogP contribution in [0.15, 0.2) is 24.3 Å². The molecular formula is C26H35Cl2N7O3. The van der Waals surface area contributed by atoms with E-state index in [0.717, 1.165) is 38.9 Å². The Morgan fingerprint density at radius 3 is 2.45 bits per heavy atom. The fraction of sp³-hybridized carbons (Fsp3) is 0.538. The van der Waals surface area contributed by atoms with Crippen molar-refractivity contribution in [3.63, 3.8) is 0 Å². The number of rotatable bonds is 7. The predicted octanol–water partition coefficient (Wildman–Crippen LogP) is 2.68. The van der Waals surface area contributed by atoms with Gasteiger partial charge in [-0.1, -0.05) is 30.1 Å². The molecule has 1 aromatic carbocycles. The molecule has 2 atom stereocenters. The van der Waals surface area contributed by atoms with Gasteiger partial charge in [0.1, 0.15) is 0 Å². The van der Waals surface area contributed by atoms with Crippen molar-refractivity contribution in [1.82, 2.24) is 25.1 Å². The Morgan fingerprint density at radius 1 is 1.13 bits per heavy atom. The number of halogens is 2. The quantitative estimate of drug-likeness (QED) is 0.469. The van der Waals surface area contributed by atoms with E-state index in [2.05, 4.69) is 32.0 Å². The average Bonchev–Trinajstić information content (AvgIpc) is 2.93. The van der Waals surface area contributed by atoms with E-state index in [1.165, 1.54) is 0 Å². The van der Waals surface area contributed by atoms with Gasteiger partial charge in [0.15, 0.2) is 22.5 Å². The molecule has 4 N–H and O–H groups in total. The Bertz CT molecular complexity index is 1140. The van der Waals surface area contributed by atoms with E-state index in [1.54, 1.807) is 31.2 Å². The molecule has 0 spiro atoms. The fourth-order valence-electron chi connectivity index (χ4n) is 5.21. The Balaban J connectivity index is 1.38. The van der Waals surface area contributed by atoms with Crippen LogP contribution in [0, 0.1) is 0 Å². The summed E-state index contributed by atoms with van der Waals surface area (Å²) in [5.41, 5.74) is 6.69. The number of nitrogens with one attached hydrogen (secondary N) is 1. The molecule has 38 heavy (non-hydrogen) atoms. The summed E-state index contributed by atoms with van der Waals surface area (Å²) in [5, 5.41) is 12.5. The number of nitrogens with two attached hydrogens (primary N) is 1. The molecule has 2 aliphatic heterocycles. The molecule has 3 heterocycles. The third kappa shape index (κ3) is 6.31. The van der Waals surface area contributed by atoms with Crippen molar-refractivity contribution in [2.45, 2.75) is 51.2 Å². The van der Waals surface area contributed by atoms with Gasteiger partial charge < -0.3 is 26.0 Å². The molecule has 0 saturated carbocycles. The summed E-state index contributed by atoms with van der Waals surface area (Å²) in [7, 11) is 0. The van der Waals surface area contributed by atoms with Gasteiger partial charge in [0.05, 0.1) is 6.61 Å². The first-order valence-electron chi connectivity index (χ1n) is 13.0. The molecule has 0 unspecified atom stereocenters. The van der Waals surface area contributed by atoms with Gasteiger partial charge in [-0.15, -0.1) is 0 Å². The number of aliphatic hydroxyl groups is 1. The van der Waals surface area contributed by atoms with Gasteiger partial charge >= 0.3 is 0 Å². The molecule has 0 bridgehead atoms. The highest BCUT2D eigenvalue weighted by Crippen LogP contribution is 2.30. The number of nitrogens with zero attached hydrogens (tertiary/aromatic N) is 5. The molecule has 2 saturated heterocycles. The lowest BCUT2D eigenvalue weighted by Crippen LogP contribution is -2.58. The highest BCUT2D eigenvalue weighted by atomic mass is 35.5. The third-order valence-corrected chi connectivity index (χ3v) is 7.85. The van der Waals surface area contributed by atoms with E-state index in [9.17, 15) is 14.7 Å². The molecule has 4 rings (SSSR count). The minimum Gasteiger partial charge on any atom is -0.394 e. The molecule has 2 aromatic rings. The van der Waals surface area contributed by atoms with E-state index in [0.29, 0.717) is 35.5 Å². The van der Waals surface area contributed by atoms with Crippen LogP contribution in [-0.2, 0) is 0 Å². The Morgan fingerprint density at radius 2 is 1.82 bits per heavy atom. The van der Waals surface area contributed by atoms with Gasteiger partial charge in [0.2, 0.25) is 0 Å². The smallest absolute Gasteiger partial charge is 0.274 e. The molecule has 10 nitrogen and oxygen atoms in total. The van der Waals surface area contributed by atoms with Crippen molar-refractivity contribution < 1.29 is 14.7 Å². The zero-order chi connectivity index (χ0) is 27.4. The first-order valence-corrected chi connectivity index (χ1v) is 13.8. The number of likely N-dealkylation sites (tertiary alicyclic amines) is 1. The van der Waals surface area contributed by atoms with Crippen molar-refractivity contribution in [2.24, 2.45) is 0 Å². The molecule has 2 fully saturated rings. The molecule has 12 heteroatoms. The molecule has 2 aliphatic rings. The highest BCUT2D eigenvalue weighted by molar-refractivity contribution is 6.32. The van der Waals surface area contributed by atoms with Gasteiger partial charge in [-0.3, -0.25) is 14.5 Å². The maximum absolute atomic E-state index is 12.9. The number of carbonyl (C=O) groups is 2. The second kappa shape index (κ2) is 12.5. The lowest BCUT2D eigenvalue weighted by molar-refractivity contribution is 0.0490. The second-order valence-corrected chi connectivity index (χ2v) is 10.7. The summed E-state index contributed by atoms with van der Waals surface area (Å²) >= 11 is 12.4. The summed E-state index contributed by atoms with van der Waals surface area (Å²) in [6, 6.07) is 7.27. The van der Waals surface area contributed by atoms with Crippen molar-refractivity contribution in [3.8, 4) is 0 Å². The molecule has 0 radical (unpaired) electrons. The zero-order valence-electron chi connectivity index (χ0n) is 21.7. The summed E-state index contributed by atoms with van der Waals surface area (Å²) in [6.45, 7) is 7.29. The Kier molecular flexibility index (Phi) is 9.30. The van der Waals surface area contributed by atoms with Crippen LogP contribution in [0.4, 0.5) is 11.6 Å². The topological polar surface area (TPSA) is 128 Å². The normalized spacial score (nSPS) is 19.9. The number of hydrogen-bond donors (Lipinski definition) is 3. The van der Waals surface area contributed by atoms with Crippen LogP contribution in [-0.4, -0.2) is 94.1 Å². The van der Waals surface area contributed by atoms with E-state index in [-0.39, 0.29) is 35.2 Å². The number of carbonyl (C=O) groups excluding carboxylic acids is 2. The van der Waals surface area contributed by atoms with E-state index < -0.39 is 11.9 Å². The van der Waals surface area contributed by atoms with Crippen LogP contribution in [0.2, 0.25) is 10.2 Å². The number of aromatic nitrogens is 2. The van der Waals surface area contributed by atoms with Crippen LogP contribution in [0.25, 0.3) is 0 Å². The van der Waals surface area contributed by atoms with Crippen molar-refractivity contribution >= 4 is 46.7 Å². The average molecular weight is 565 g/mol. The number of piperazine rings is 1. The van der Waals surface area contributed by atoms with E-state index >= 15 is 0 Å². The third-order valence-electron chi connectivity index (χ3n) is 7.34. The molecule has 1 aromatic heterocycles. The monoisotopic (exact) mass is 563 g/mol. The summed E-state index contributed by atoms with van der Waals surface area (Å²) < 4.78 is 0. The predicted molar refractivity (Wildman–Crippen MR) is 149 cm³/mol. The van der Waals surface area contributed by atoms with Gasteiger partial charge in [-0.2, -0.15) is 0 Å². The number of aliphatic hydroxyl groups excluding tert-OH is 1. The summed E-state index contributed by atoms with van der Waals surface area (Å²) in [5.74, 6) is -0.00878. The van der Waals surface area contributed by atoms with Crippen LogP contribution in [0.1, 0.15) is 54.0 Å². The number of anilines is 2. The maximum Gasteiger partial charge on any atom is 0.274 e. The fourth-order valence-corrected chi connectivity index (χ4v) is 5.58. The summed E-state index contributed by atoms with van der Waals surface area (Å²) in [4.78, 5) is 40.6. The van der Waals surface area contributed by atoms with E-state index in [4.69, 9.17) is 28.9 Å². The lowest BCUT2D eigenvalue weighted by Gasteiger charge is -2.47. The minimum absolute atomic E-state index is 0.000226. The first-order chi connectivity index (χ1) is 18.2. The van der Waals surface area contributed by atoms with E-state index in [1.807, 2.05) is 4.90 Å². The zero-order valence-corrected chi connectivity index (χ0v) is 23.3. The van der Waals surface area contributed by atoms with Gasteiger partial charge in [-0.25, -0.2) is 9.97 Å². The van der Waals surface area contributed by atoms with Gasteiger partial charge in [-0.05, 0) is 50.5 Å². The standard InChI is InChI=1S/C26H35Cl2N7O3/c1-3-19-14-34(24-22(28)31-21(23(29)32-24)25(37)30-16(2)15-36)12-13-35(19)20-8-10-33(11-9-20)26(38)17-4-6-18(27)7-5-17/h4-7,16,19-20,36H,3,8-15H2,1-2H3,(H2,29,32)(H,30,37)/t16-,19-/m0/s1. The number of nitrogen functional groups attached to an aromatic ring is 1. The summed E-state index contributed by atoms with van der Waals surface area (Å²) in [6.07, 6.45) is 2.78. The van der Waals surface area contributed by atoms with Crippen molar-refractivity contribution in [1.29, 1.82) is 0 Å². The minimum atomic E-state index is -0.526. The van der Waals surface area contributed by atoms with Crippen LogP contribution < -0.4 is 16.0 Å². The van der Waals surface area contributed by atoms with Crippen molar-refractivity contribution in [3.05, 3.63) is 45.7 Å². The first kappa shape index (κ1) is 28.4. The van der Waals surface area contributed by atoms with Crippen molar-refractivity contribution in [2.75, 3.05) is 50.0 Å². The number of benzene rings is 1. The molecule has 206 valence electrons. The molecule has 0 aliphatic carbocycles. The Labute approximate surface area is 233 Å². The van der Waals surface area contributed by atoms with Gasteiger partial charge in [0.25, 0.3) is 11.8 Å².